The van der Waals surface area contributed by atoms with Crippen LogP contribution in [0.15, 0.2) is 53.3 Å². The molecule has 116 valence electrons. The van der Waals surface area contributed by atoms with E-state index in [0.29, 0.717) is 11.4 Å². The number of carbonyl (C=O) groups is 1. The summed E-state index contributed by atoms with van der Waals surface area (Å²) in [4.78, 5) is 16.8. The molecule has 0 bridgehead atoms. The second-order valence-corrected chi connectivity index (χ2v) is 5.96. The minimum atomic E-state index is -0.189. The van der Waals surface area contributed by atoms with E-state index in [1.54, 1.807) is 17.1 Å². The molecule has 3 rings (SSSR count). The zero-order valence-corrected chi connectivity index (χ0v) is 14.3. The lowest BCUT2D eigenvalue weighted by atomic mass is 10.2. The first-order valence-electron chi connectivity index (χ1n) is 7.10. The van der Waals surface area contributed by atoms with Gasteiger partial charge in [-0.2, -0.15) is 5.10 Å². The third-order valence-electron chi connectivity index (χ3n) is 3.64. The van der Waals surface area contributed by atoms with Crippen LogP contribution < -0.4 is 5.32 Å². The van der Waals surface area contributed by atoms with Crippen LogP contribution in [0, 0.1) is 13.8 Å². The second kappa shape index (κ2) is 6.34. The van der Waals surface area contributed by atoms with E-state index < -0.39 is 0 Å². The van der Waals surface area contributed by atoms with Gasteiger partial charge in [-0.1, -0.05) is 28.1 Å². The molecule has 0 aliphatic carbocycles. The van der Waals surface area contributed by atoms with Gasteiger partial charge in [0, 0.05) is 16.4 Å². The van der Waals surface area contributed by atoms with Gasteiger partial charge < -0.3 is 5.32 Å². The highest BCUT2D eigenvalue weighted by Crippen LogP contribution is 2.24. The van der Waals surface area contributed by atoms with E-state index >= 15 is 0 Å². The fourth-order valence-corrected chi connectivity index (χ4v) is 2.64. The highest BCUT2D eigenvalue weighted by molar-refractivity contribution is 9.10. The number of carbonyl (C=O) groups excluding carboxylic acids is 1. The van der Waals surface area contributed by atoms with Crippen LogP contribution in [0.3, 0.4) is 0 Å². The van der Waals surface area contributed by atoms with Crippen molar-refractivity contribution in [2.45, 2.75) is 13.8 Å². The number of anilines is 1. The lowest BCUT2D eigenvalue weighted by Gasteiger charge is -2.09. The van der Waals surface area contributed by atoms with Crippen molar-refractivity contribution < 1.29 is 4.79 Å². The molecule has 0 saturated carbocycles. The van der Waals surface area contributed by atoms with Crippen LogP contribution in [0.5, 0.6) is 0 Å². The molecule has 0 fully saturated rings. The van der Waals surface area contributed by atoms with Crippen molar-refractivity contribution in [1.29, 1.82) is 0 Å². The zero-order valence-electron chi connectivity index (χ0n) is 12.7. The summed E-state index contributed by atoms with van der Waals surface area (Å²) >= 11 is 3.47. The molecule has 6 heteroatoms. The number of amides is 1. The maximum Gasteiger partial charge on any atom is 0.259 e. The predicted molar refractivity (Wildman–Crippen MR) is 92.9 cm³/mol. The zero-order chi connectivity index (χ0) is 16.4. The monoisotopic (exact) mass is 370 g/mol. The van der Waals surface area contributed by atoms with Gasteiger partial charge in [0.05, 0.1) is 17.5 Å². The van der Waals surface area contributed by atoms with E-state index in [4.69, 9.17) is 0 Å². The molecule has 1 aromatic carbocycles. The molecule has 0 radical (unpaired) electrons. The van der Waals surface area contributed by atoms with E-state index in [2.05, 4.69) is 31.3 Å². The van der Waals surface area contributed by atoms with E-state index in [-0.39, 0.29) is 5.91 Å². The van der Waals surface area contributed by atoms with Crippen molar-refractivity contribution in [2.75, 3.05) is 5.32 Å². The average molecular weight is 371 g/mol. The van der Waals surface area contributed by atoms with Gasteiger partial charge in [-0.25, -0.2) is 9.67 Å². The Labute approximate surface area is 142 Å². The molecule has 1 amide bonds. The van der Waals surface area contributed by atoms with E-state index in [1.807, 2.05) is 50.2 Å². The fraction of sp³-hybridized carbons (Fsp3) is 0.118. The minimum absolute atomic E-state index is 0.189. The number of hydrogen-bond acceptors (Lipinski definition) is 3. The average Bonchev–Trinajstić information content (AvgIpc) is 2.94. The van der Waals surface area contributed by atoms with Crippen molar-refractivity contribution in [3.8, 4) is 5.82 Å². The highest BCUT2D eigenvalue weighted by Gasteiger charge is 2.16. The van der Waals surface area contributed by atoms with Gasteiger partial charge in [0.1, 0.15) is 0 Å². The number of nitrogens with one attached hydrogen (secondary N) is 1. The number of benzene rings is 1. The molecule has 0 aliphatic heterocycles. The first-order valence-corrected chi connectivity index (χ1v) is 7.89. The third-order valence-corrected chi connectivity index (χ3v) is 4.50. The van der Waals surface area contributed by atoms with Gasteiger partial charge in [0.2, 0.25) is 0 Å². The van der Waals surface area contributed by atoms with Crippen molar-refractivity contribution in [2.24, 2.45) is 0 Å². The Morgan fingerprint density at radius 1 is 1.17 bits per heavy atom. The number of hydrogen-bond donors (Lipinski definition) is 1. The van der Waals surface area contributed by atoms with Gasteiger partial charge in [-0.15, -0.1) is 0 Å². The highest BCUT2D eigenvalue weighted by atomic mass is 79.9. The molecule has 2 aromatic heterocycles. The van der Waals surface area contributed by atoms with Gasteiger partial charge in [-0.05, 0) is 43.7 Å². The number of halogens is 1. The van der Waals surface area contributed by atoms with Crippen LogP contribution in [0.25, 0.3) is 5.82 Å². The smallest absolute Gasteiger partial charge is 0.259 e. The van der Waals surface area contributed by atoms with Crippen LogP contribution >= 0.6 is 15.9 Å². The van der Waals surface area contributed by atoms with Crippen molar-refractivity contribution in [3.05, 3.63) is 70.1 Å². The number of rotatable bonds is 3. The summed E-state index contributed by atoms with van der Waals surface area (Å²) in [5.41, 5.74) is 3.02. The van der Waals surface area contributed by atoms with Crippen LogP contribution in [-0.2, 0) is 0 Å². The summed E-state index contributed by atoms with van der Waals surface area (Å²) in [5, 5.41) is 7.20. The molecule has 5 nitrogen and oxygen atoms in total. The first kappa shape index (κ1) is 15.4. The Morgan fingerprint density at radius 2 is 2.00 bits per heavy atom. The molecule has 3 aromatic rings. The lowest BCUT2D eigenvalue weighted by molar-refractivity contribution is 0.102. The molecule has 0 atom stereocenters. The van der Waals surface area contributed by atoms with Crippen molar-refractivity contribution >= 4 is 27.5 Å². The van der Waals surface area contributed by atoms with Gasteiger partial charge in [0.15, 0.2) is 5.82 Å². The molecule has 2 heterocycles. The molecule has 23 heavy (non-hydrogen) atoms. The molecule has 1 N–H and O–H groups in total. The quantitative estimate of drug-likeness (QED) is 0.760. The van der Waals surface area contributed by atoms with Gasteiger partial charge in [-0.3, -0.25) is 4.79 Å². The number of aromatic nitrogens is 3. The predicted octanol–water partition coefficient (Wildman–Crippen LogP) is 3.90. The summed E-state index contributed by atoms with van der Waals surface area (Å²) in [7, 11) is 0. The topological polar surface area (TPSA) is 59.8 Å². The minimum Gasteiger partial charge on any atom is -0.322 e. The van der Waals surface area contributed by atoms with E-state index in [1.165, 1.54) is 0 Å². The largest absolute Gasteiger partial charge is 0.322 e. The van der Waals surface area contributed by atoms with E-state index in [9.17, 15) is 4.79 Å². The summed E-state index contributed by atoms with van der Waals surface area (Å²) in [6.45, 7) is 3.80. The fourth-order valence-electron chi connectivity index (χ4n) is 2.28. The Kier molecular flexibility index (Phi) is 4.25. The maximum absolute atomic E-state index is 12.5. The first-order chi connectivity index (χ1) is 11.1. The van der Waals surface area contributed by atoms with Crippen LogP contribution in [0.1, 0.15) is 21.6 Å². The molecular formula is C17H15BrN4O. The van der Waals surface area contributed by atoms with Crippen molar-refractivity contribution in [1.82, 2.24) is 14.8 Å². The Balaban J connectivity index is 1.89. The van der Waals surface area contributed by atoms with Gasteiger partial charge >= 0.3 is 0 Å². The standard InChI is InChI=1S/C17H15BrN4O/c1-11-14(18)6-5-7-15(11)21-17(23)13-10-20-22(12(13)2)16-8-3-4-9-19-16/h3-10H,1-2H3,(H,21,23). The van der Waals surface area contributed by atoms with Crippen LogP contribution in [0.2, 0.25) is 0 Å². The van der Waals surface area contributed by atoms with Crippen molar-refractivity contribution in [3.63, 3.8) is 0 Å². The Bertz CT molecular complexity index is 858. The van der Waals surface area contributed by atoms with E-state index in [0.717, 1.165) is 21.4 Å². The number of nitrogens with zero attached hydrogens (tertiary/aromatic N) is 3. The molecular weight excluding hydrogens is 356 g/mol. The number of pyridine rings is 1. The van der Waals surface area contributed by atoms with Crippen LogP contribution in [0.4, 0.5) is 5.69 Å². The lowest BCUT2D eigenvalue weighted by Crippen LogP contribution is -2.14. The molecule has 0 aliphatic rings. The second-order valence-electron chi connectivity index (χ2n) is 5.11. The Hall–Kier alpha value is -2.47. The molecule has 0 unspecified atom stereocenters. The third kappa shape index (κ3) is 3.03. The van der Waals surface area contributed by atoms with Gasteiger partial charge in [0.25, 0.3) is 5.91 Å². The summed E-state index contributed by atoms with van der Waals surface area (Å²) < 4.78 is 2.61. The summed E-state index contributed by atoms with van der Waals surface area (Å²) in [5.74, 6) is 0.494. The maximum atomic E-state index is 12.5. The summed E-state index contributed by atoms with van der Waals surface area (Å²) in [6.07, 6.45) is 3.26. The van der Waals surface area contributed by atoms with Crippen LogP contribution in [-0.4, -0.2) is 20.7 Å². The summed E-state index contributed by atoms with van der Waals surface area (Å²) in [6, 6.07) is 11.3. The Morgan fingerprint density at radius 3 is 2.74 bits per heavy atom. The SMILES string of the molecule is Cc1c(Br)cccc1NC(=O)c1cnn(-c2ccccn2)c1C. The molecule has 0 spiro atoms. The normalized spacial score (nSPS) is 10.6. The molecule has 0 saturated heterocycles.